The number of aliphatic hydroxyl groups excluding tert-OH is 1. The second-order valence-corrected chi connectivity index (χ2v) is 5.62. The Morgan fingerprint density at radius 3 is 2.29 bits per heavy atom. The van der Waals surface area contributed by atoms with E-state index in [0.29, 0.717) is 6.42 Å². The molecule has 1 heterocycles. The van der Waals surface area contributed by atoms with Crippen LogP contribution >= 0.6 is 0 Å². The number of piperidine rings is 1. The molecular formula is C11H21NO2. The lowest BCUT2D eigenvalue weighted by molar-refractivity contribution is -0.265. The van der Waals surface area contributed by atoms with Gasteiger partial charge in [0.25, 0.3) is 0 Å². The minimum absolute atomic E-state index is 0.124. The first kappa shape index (κ1) is 10.4. The van der Waals surface area contributed by atoms with Gasteiger partial charge in [-0.2, -0.15) is 5.06 Å². The molecule has 14 heavy (non-hydrogen) atoms. The van der Waals surface area contributed by atoms with E-state index in [0.717, 1.165) is 19.3 Å². The number of aliphatic hydroxyl groups is 1. The smallest absolute Gasteiger partial charge is 0.0577 e. The quantitative estimate of drug-likeness (QED) is 0.626. The number of hydrogen-bond donors (Lipinski definition) is 2. The van der Waals surface area contributed by atoms with E-state index in [-0.39, 0.29) is 17.2 Å². The summed E-state index contributed by atoms with van der Waals surface area (Å²) >= 11 is 0. The Morgan fingerprint density at radius 1 is 1.14 bits per heavy atom. The van der Waals surface area contributed by atoms with Crippen molar-refractivity contribution in [3.63, 3.8) is 0 Å². The summed E-state index contributed by atoms with van der Waals surface area (Å²) in [7, 11) is 0. The predicted molar refractivity (Wildman–Crippen MR) is 54.1 cm³/mol. The molecule has 1 saturated carbocycles. The minimum atomic E-state index is -0.276. The van der Waals surface area contributed by atoms with Crippen LogP contribution in [-0.4, -0.2) is 32.6 Å². The molecule has 1 aliphatic carbocycles. The van der Waals surface area contributed by atoms with Gasteiger partial charge in [-0.15, -0.1) is 0 Å². The molecule has 2 fully saturated rings. The maximum absolute atomic E-state index is 10.2. The van der Waals surface area contributed by atoms with Crippen molar-refractivity contribution in [2.24, 2.45) is 0 Å². The van der Waals surface area contributed by atoms with Crippen molar-refractivity contribution in [2.45, 2.75) is 69.6 Å². The molecule has 1 spiro atoms. The molecule has 3 nitrogen and oxygen atoms in total. The molecule has 0 aromatic heterocycles. The first-order valence-electron chi connectivity index (χ1n) is 5.64. The first-order valence-corrected chi connectivity index (χ1v) is 5.64. The Bertz CT molecular complexity index is 221. The van der Waals surface area contributed by atoms with Gasteiger partial charge < -0.3 is 10.3 Å². The van der Waals surface area contributed by atoms with E-state index in [1.165, 1.54) is 12.8 Å². The highest BCUT2D eigenvalue weighted by molar-refractivity contribution is 5.03. The van der Waals surface area contributed by atoms with Gasteiger partial charge in [0.1, 0.15) is 0 Å². The molecule has 1 aliphatic heterocycles. The van der Waals surface area contributed by atoms with E-state index in [1.54, 1.807) is 5.06 Å². The molecule has 1 unspecified atom stereocenters. The van der Waals surface area contributed by atoms with E-state index in [2.05, 4.69) is 0 Å². The molecule has 0 amide bonds. The third kappa shape index (κ3) is 1.47. The van der Waals surface area contributed by atoms with Crippen molar-refractivity contribution < 1.29 is 10.3 Å². The third-order valence-electron chi connectivity index (χ3n) is 3.91. The SMILES string of the molecule is CC1(C)CC(O)CC2(CCCC2)N1O. The molecule has 2 N–H and O–H groups in total. The Kier molecular flexibility index (Phi) is 2.37. The predicted octanol–water partition coefficient (Wildman–Crippen LogP) is 1.92. The lowest BCUT2D eigenvalue weighted by atomic mass is 9.77. The van der Waals surface area contributed by atoms with E-state index in [4.69, 9.17) is 0 Å². The Hall–Kier alpha value is -0.120. The van der Waals surface area contributed by atoms with Crippen molar-refractivity contribution >= 4 is 0 Å². The highest BCUT2D eigenvalue weighted by Crippen LogP contribution is 2.46. The average Bonchev–Trinajstić information content (AvgIpc) is 2.49. The van der Waals surface area contributed by atoms with Crippen LogP contribution in [0.3, 0.4) is 0 Å². The second-order valence-electron chi connectivity index (χ2n) is 5.62. The highest BCUT2D eigenvalue weighted by atomic mass is 16.5. The van der Waals surface area contributed by atoms with Crippen LogP contribution in [-0.2, 0) is 0 Å². The molecular weight excluding hydrogens is 178 g/mol. The molecule has 82 valence electrons. The molecule has 1 saturated heterocycles. The summed E-state index contributed by atoms with van der Waals surface area (Å²) in [6.45, 7) is 4.02. The van der Waals surface area contributed by atoms with Crippen molar-refractivity contribution in [3.05, 3.63) is 0 Å². The van der Waals surface area contributed by atoms with Crippen LogP contribution in [0, 0.1) is 0 Å². The topological polar surface area (TPSA) is 43.7 Å². The summed E-state index contributed by atoms with van der Waals surface area (Å²) < 4.78 is 0. The largest absolute Gasteiger partial charge is 0.393 e. The average molecular weight is 199 g/mol. The summed E-state index contributed by atoms with van der Waals surface area (Å²) in [5.74, 6) is 0. The summed E-state index contributed by atoms with van der Waals surface area (Å²) in [5, 5.41) is 21.6. The van der Waals surface area contributed by atoms with Gasteiger partial charge in [-0.25, -0.2) is 0 Å². The second kappa shape index (κ2) is 3.19. The van der Waals surface area contributed by atoms with Gasteiger partial charge in [0, 0.05) is 11.1 Å². The normalized spacial score (nSPS) is 36.4. The zero-order valence-corrected chi connectivity index (χ0v) is 9.16. The molecule has 2 aliphatic rings. The highest BCUT2D eigenvalue weighted by Gasteiger charge is 2.50. The van der Waals surface area contributed by atoms with Crippen LogP contribution in [0.5, 0.6) is 0 Å². The first-order chi connectivity index (χ1) is 6.46. The van der Waals surface area contributed by atoms with Crippen LogP contribution in [0.2, 0.25) is 0 Å². The fourth-order valence-corrected chi connectivity index (χ4v) is 3.35. The number of nitrogens with zero attached hydrogens (tertiary/aromatic N) is 1. The van der Waals surface area contributed by atoms with Crippen LogP contribution in [0.4, 0.5) is 0 Å². The molecule has 0 bridgehead atoms. The van der Waals surface area contributed by atoms with E-state index < -0.39 is 0 Å². The standard InChI is InChI=1S/C11H21NO2/c1-10(2)7-9(13)8-11(12(10)14)5-3-4-6-11/h9,13-14H,3-8H2,1-2H3. The third-order valence-corrected chi connectivity index (χ3v) is 3.91. The minimum Gasteiger partial charge on any atom is -0.393 e. The van der Waals surface area contributed by atoms with E-state index in [1.807, 2.05) is 13.8 Å². The monoisotopic (exact) mass is 199 g/mol. The molecule has 0 radical (unpaired) electrons. The molecule has 0 aromatic carbocycles. The van der Waals surface area contributed by atoms with Gasteiger partial charge in [0.2, 0.25) is 0 Å². The lowest BCUT2D eigenvalue weighted by Crippen LogP contribution is -2.61. The zero-order valence-electron chi connectivity index (χ0n) is 9.16. The summed E-state index contributed by atoms with van der Waals surface area (Å²) in [4.78, 5) is 0. The molecule has 2 rings (SSSR count). The lowest BCUT2D eigenvalue weighted by Gasteiger charge is -2.52. The fourth-order valence-electron chi connectivity index (χ4n) is 3.35. The summed E-state index contributed by atoms with van der Waals surface area (Å²) in [5.41, 5.74) is -0.400. The number of hydroxylamine groups is 2. The summed E-state index contributed by atoms with van der Waals surface area (Å²) in [6, 6.07) is 0. The van der Waals surface area contributed by atoms with Crippen LogP contribution in [0.25, 0.3) is 0 Å². The van der Waals surface area contributed by atoms with Crippen molar-refractivity contribution in [1.29, 1.82) is 0 Å². The Balaban J connectivity index is 2.24. The van der Waals surface area contributed by atoms with Crippen LogP contribution in [0.15, 0.2) is 0 Å². The molecule has 1 atom stereocenters. The van der Waals surface area contributed by atoms with Gasteiger partial charge in [-0.1, -0.05) is 12.8 Å². The maximum atomic E-state index is 10.2. The number of hydrogen-bond acceptors (Lipinski definition) is 3. The van der Waals surface area contributed by atoms with Crippen LogP contribution < -0.4 is 0 Å². The molecule has 3 heteroatoms. The van der Waals surface area contributed by atoms with Crippen molar-refractivity contribution in [2.75, 3.05) is 0 Å². The Labute approximate surface area is 85.7 Å². The maximum Gasteiger partial charge on any atom is 0.0577 e. The number of rotatable bonds is 0. The fraction of sp³-hybridized carbons (Fsp3) is 1.00. The van der Waals surface area contributed by atoms with E-state index in [9.17, 15) is 10.3 Å². The van der Waals surface area contributed by atoms with Gasteiger partial charge in [0.05, 0.1) is 6.10 Å². The van der Waals surface area contributed by atoms with Gasteiger partial charge >= 0.3 is 0 Å². The van der Waals surface area contributed by atoms with Crippen LogP contribution in [0.1, 0.15) is 52.4 Å². The molecule has 0 aromatic rings. The van der Waals surface area contributed by atoms with Gasteiger partial charge in [0.15, 0.2) is 0 Å². The van der Waals surface area contributed by atoms with Gasteiger partial charge in [-0.3, -0.25) is 0 Å². The Morgan fingerprint density at radius 2 is 1.71 bits per heavy atom. The van der Waals surface area contributed by atoms with Crippen molar-refractivity contribution in [1.82, 2.24) is 5.06 Å². The van der Waals surface area contributed by atoms with E-state index >= 15 is 0 Å². The zero-order chi connectivity index (χ0) is 10.4. The van der Waals surface area contributed by atoms with Crippen molar-refractivity contribution in [3.8, 4) is 0 Å². The van der Waals surface area contributed by atoms with Gasteiger partial charge in [-0.05, 0) is 39.5 Å². The summed E-state index contributed by atoms with van der Waals surface area (Å²) in [6.07, 6.45) is 5.60.